The van der Waals surface area contributed by atoms with E-state index < -0.39 is 29.0 Å². The lowest BCUT2D eigenvalue weighted by molar-refractivity contribution is -0.470. The Balaban J connectivity index is 3.54. The highest BCUT2D eigenvalue weighted by molar-refractivity contribution is 5.99. The molecule has 0 aliphatic heterocycles. The SMILES string of the molecule is CCCCOC(=O)/C(C[N+](=O)[O-])=C(\OC(C)=O)c1ccccc1N=[N+]=[N-]. The molecule has 0 amide bonds. The Hall–Kier alpha value is -3.39. The number of benzene rings is 1. The average Bonchev–Trinajstić information content (AvgIpc) is 2.58. The van der Waals surface area contributed by atoms with E-state index in [1.54, 1.807) is 12.1 Å². The predicted molar refractivity (Wildman–Crippen MR) is 91.7 cm³/mol. The second kappa shape index (κ2) is 10.5. The molecule has 0 aliphatic carbocycles. The number of nitro groups is 1. The van der Waals surface area contributed by atoms with Gasteiger partial charge < -0.3 is 9.47 Å². The van der Waals surface area contributed by atoms with Crippen molar-refractivity contribution in [3.8, 4) is 0 Å². The number of ether oxygens (including phenoxy) is 2. The Morgan fingerprint density at radius 3 is 2.62 bits per heavy atom. The minimum absolute atomic E-state index is 0.0495. The van der Waals surface area contributed by atoms with Gasteiger partial charge in [-0.2, -0.15) is 0 Å². The van der Waals surface area contributed by atoms with Crippen molar-refractivity contribution in [3.63, 3.8) is 0 Å². The van der Waals surface area contributed by atoms with Crippen molar-refractivity contribution in [2.45, 2.75) is 26.7 Å². The number of azide groups is 1. The molecule has 0 fully saturated rings. The van der Waals surface area contributed by atoms with Gasteiger partial charge in [-0.15, -0.1) is 0 Å². The van der Waals surface area contributed by atoms with E-state index in [0.29, 0.717) is 6.42 Å². The molecule has 0 aromatic heterocycles. The molecular weight excluding hydrogens is 344 g/mol. The molecule has 0 unspecified atom stereocenters. The molecular formula is C16H18N4O6. The van der Waals surface area contributed by atoms with Crippen LogP contribution in [0.15, 0.2) is 35.0 Å². The zero-order valence-electron chi connectivity index (χ0n) is 14.4. The summed E-state index contributed by atoms with van der Waals surface area (Å²) in [6, 6.07) is 5.94. The number of unbranched alkanes of at least 4 members (excludes halogenated alkanes) is 1. The van der Waals surface area contributed by atoms with Crippen LogP contribution >= 0.6 is 0 Å². The van der Waals surface area contributed by atoms with E-state index in [-0.39, 0.29) is 23.6 Å². The fourth-order valence-corrected chi connectivity index (χ4v) is 1.98. The van der Waals surface area contributed by atoms with Crippen LogP contribution < -0.4 is 0 Å². The predicted octanol–water partition coefficient (Wildman–Crippen LogP) is 3.52. The van der Waals surface area contributed by atoms with Gasteiger partial charge in [0.2, 0.25) is 6.54 Å². The Morgan fingerprint density at radius 1 is 1.35 bits per heavy atom. The molecule has 10 nitrogen and oxygen atoms in total. The number of carbonyl (C=O) groups is 2. The molecule has 0 saturated carbocycles. The minimum Gasteiger partial charge on any atom is -0.462 e. The summed E-state index contributed by atoms with van der Waals surface area (Å²) < 4.78 is 10.1. The number of hydrogen-bond acceptors (Lipinski definition) is 7. The fraction of sp³-hybridized carbons (Fsp3) is 0.375. The normalized spacial score (nSPS) is 11.0. The molecule has 1 rings (SSSR count). The summed E-state index contributed by atoms with van der Waals surface area (Å²) in [6.45, 7) is 2.13. The first-order valence-corrected chi connectivity index (χ1v) is 7.75. The Labute approximate surface area is 149 Å². The summed E-state index contributed by atoms with van der Waals surface area (Å²) in [4.78, 5) is 36.8. The van der Waals surface area contributed by atoms with Crippen molar-refractivity contribution in [2.75, 3.05) is 13.2 Å². The topological polar surface area (TPSA) is 145 Å². The standard InChI is InChI=1S/C16H18N4O6/c1-3-4-9-25-16(22)13(10-20(23)24)15(26-11(2)21)12-7-5-6-8-14(12)18-19-17/h5-8H,3-4,9-10H2,1-2H3/b15-13-. The molecule has 0 spiro atoms. The third-order valence-electron chi connectivity index (χ3n) is 3.09. The molecule has 0 aliphatic rings. The molecule has 0 bridgehead atoms. The minimum atomic E-state index is -0.970. The highest BCUT2D eigenvalue weighted by Crippen LogP contribution is 2.30. The summed E-state index contributed by atoms with van der Waals surface area (Å²) in [6.07, 6.45) is 1.34. The molecule has 10 heteroatoms. The fourth-order valence-electron chi connectivity index (χ4n) is 1.98. The van der Waals surface area contributed by atoms with Crippen LogP contribution in [0.25, 0.3) is 16.2 Å². The quantitative estimate of drug-likeness (QED) is 0.0756. The molecule has 138 valence electrons. The van der Waals surface area contributed by atoms with Gasteiger partial charge in [-0.05, 0) is 12.0 Å². The number of esters is 2. The van der Waals surface area contributed by atoms with E-state index in [0.717, 1.165) is 13.3 Å². The monoisotopic (exact) mass is 362 g/mol. The maximum absolute atomic E-state index is 12.3. The lowest BCUT2D eigenvalue weighted by Gasteiger charge is -2.14. The summed E-state index contributed by atoms with van der Waals surface area (Å²) >= 11 is 0. The van der Waals surface area contributed by atoms with E-state index in [2.05, 4.69) is 10.0 Å². The summed E-state index contributed by atoms with van der Waals surface area (Å²) in [7, 11) is 0. The molecule has 0 atom stereocenters. The van der Waals surface area contributed by atoms with Gasteiger partial charge in [-0.1, -0.05) is 42.7 Å². The van der Waals surface area contributed by atoms with Crippen molar-refractivity contribution >= 4 is 23.4 Å². The van der Waals surface area contributed by atoms with Gasteiger partial charge in [0.25, 0.3) is 0 Å². The van der Waals surface area contributed by atoms with Crippen molar-refractivity contribution in [2.24, 2.45) is 5.11 Å². The second-order valence-corrected chi connectivity index (χ2v) is 5.09. The molecule has 1 aromatic carbocycles. The van der Waals surface area contributed by atoms with Crippen LogP contribution in [0.1, 0.15) is 32.3 Å². The van der Waals surface area contributed by atoms with Gasteiger partial charge in [0, 0.05) is 28.0 Å². The smallest absolute Gasteiger partial charge is 0.344 e. The van der Waals surface area contributed by atoms with E-state index in [9.17, 15) is 19.7 Å². The van der Waals surface area contributed by atoms with Crippen LogP contribution in [-0.4, -0.2) is 30.0 Å². The molecule has 0 saturated heterocycles. The van der Waals surface area contributed by atoms with Crippen molar-refractivity contribution < 1.29 is 24.0 Å². The zero-order chi connectivity index (χ0) is 19.5. The Bertz CT molecular complexity index is 768. The van der Waals surface area contributed by atoms with Crippen LogP contribution in [0.4, 0.5) is 5.69 Å². The third kappa shape index (κ3) is 6.25. The van der Waals surface area contributed by atoms with E-state index in [4.69, 9.17) is 15.0 Å². The van der Waals surface area contributed by atoms with E-state index in [1.165, 1.54) is 12.1 Å². The first kappa shape index (κ1) is 20.7. The molecule has 0 radical (unpaired) electrons. The van der Waals surface area contributed by atoms with Gasteiger partial charge in [0.1, 0.15) is 0 Å². The first-order valence-electron chi connectivity index (χ1n) is 7.75. The van der Waals surface area contributed by atoms with Gasteiger partial charge in [-0.25, -0.2) is 4.79 Å². The van der Waals surface area contributed by atoms with Crippen LogP contribution in [0.3, 0.4) is 0 Å². The number of carbonyl (C=O) groups excluding carboxylic acids is 2. The van der Waals surface area contributed by atoms with Crippen LogP contribution in [-0.2, 0) is 19.1 Å². The summed E-state index contributed by atoms with van der Waals surface area (Å²) in [5, 5.41) is 14.5. The Kier molecular flexibility index (Phi) is 8.32. The molecule has 1 aromatic rings. The van der Waals surface area contributed by atoms with Crippen LogP contribution in [0.2, 0.25) is 0 Å². The molecule has 26 heavy (non-hydrogen) atoms. The van der Waals surface area contributed by atoms with E-state index in [1.807, 2.05) is 6.92 Å². The van der Waals surface area contributed by atoms with Gasteiger partial charge in [0.15, 0.2) is 11.3 Å². The van der Waals surface area contributed by atoms with Gasteiger partial charge >= 0.3 is 11.9 Å². The molecule has 0 heterocycles. The number of rotatable bonds is 9. The first-order chi connectivity index (χ1) is 12.4. The van der Waals surface area contributed by atoms with Crippen LogP contribution in [0.5, 0.6) is 0 Å². The third-order valence-corrected chi connectivity index (χ3v) is 3.09. The van der Waals surface area contributed by atoms with Crippen molar-refractivity contribution in [1.82, 2.24) is 0 Å². The van der Waals surface area contributed by atoms with Crippen LogP contribution in [0, 0.1) is 10.1 Å². The lowest BCUT2D eigenvalue weighted by atomic mass is 10.1. The highest BCUT2D eigenvalue weighted by atomic mass is 16.6. The van der Waals surface area contributed by atoms with Crippen molar-refractivity contribution in [1.29, 1.82) is 0 Å². The van der Waals surface area contributed by atoms with Gasteiger partial charge in [-0.3, -0.25) is 14.9 Å². The lowest BCUT2D eigenvalue weighted by Crippen LogP contribution is -2.20. The number of nitrogens with zero attached hydrogens (tertiary/aromatic N) is 4. The summed E-state index contributed by atoms with van der Waals surface area (Å²) in [5.41, 5.74) is 8.36. The highest BCUT2D eigenvalue weighted by Gasteiger charge is 2.27. The maximum atomic E-state index is 12.3. The largest absolute Gasteiger partial charge is 0.462 e. The summed E-state index contributed by atoms with van der Waals surface area (Å²) in [5.74, 6) is -2.13. The maximum Gasteiger partial charge on any atom is 0.344 e. The van der Waals surface area contributed by atoms with Gasteiger partial charge in [0.05, 0.1) is 6.61 Å². The van der Waals surface area contributed by atoms with E-state index >= 15 is 0 Å². The average molecular weight is 362 g/mol. The van der Waals surface area contributed by atoms with Crippen molar-refractivity contribution in [3.05, 3.63) is 56.0 Å². The second-order valence-electron chi connectivity index (χ2n) is 5.09. The molecule has 0 N–H and O–H groups in total. The Morgan fingerprint density at radius 2 is 2.04 bits per heavy atom. The zero-order valence-corrected chi connectivity index (χ0v) is 14.4. The number of hydrogen-bond donors (Lipinski definition) is 0.